The number of benzene rings is 2. The number of hydrogen-bond acceptors (Lipinski definition) is 5. The summed E-state index contributed by atoms with van der Waals surface area (Å²) < 4.78 is 21.5. The first-order valence-corrected chi connectivity index (χ1v) is 15.5. The maximum atomic E-state index is 13.3. The average Bonchev–Trinajstić information content (AvgIpc) is 3.39. The summed E-state index contributed by atoms with van der Waals surface area (Å²) in [4.78, 5) is 37.3. The number of hydrogen-bond donors (Lipinski definition) is 1. The molecule has 4 rings (SSSR count). The van der Waals surface area contributed by atoms with E-state index in [-0.39, 0.29) is 23.3 Å². The number of ketones is 1. The number of amides is 1. The fourth-order valence-electron chi connectivity index (χ4n) is 5.63. The molecule has 8 heteroatoms. The van der Waals surface area contributed by atoms with E-state index in [1.165, 1.54) is 28.2 Å². The molecule has 1 aliphatic rings. The molecule has 46 heavy (non-hydrogen) atoms. The molecule has 1 N–H and O–H groups in total. The molecule has 1 aliphatic carbocycles. The summed E-state index contributed by atoms with van der Waals surface area (Å²) in [6, 6.07) is 14.1. The maximum Gasteiger partial charge on any atom is 0.308 e. The van der Waals surface area contributed by atoms with Crippen LogP contribution in [0.25, 0.3) is 17.0 Å². The minimum absolute atomic E-state index is 0.170. The molecule has 0 aliphatic heterocycles. The second-order valence-electron chi connectivity index (χ2n) is 10.9. The molecule has 3 aromatic rings. The van der Waals surface area contributed by atoms with E-state index in [0.717, 1.165) is 31.0 Å². The number of allylic oxidation sites excluding steroid dienone is 8. The smallest absolute Gasteiger partial charge is 0.308 e. The van der Waals surface area contributed by atoms with Gasteiger partial charge in [-0.25, -0.2) is 4.39 Å². The summed E-state index contributed by atoms with van der Waals surface area (Å²) >= 11 is 0. The zero-order valence-corrected chi connectivity index (χ0v) is 26.4. The van der Waals surface area contributed by atoms with Crippen molar-refractivity contribution in [3.63, 3.8) is 0 Å². The van der Waals surface area contributed by atoms with E-state index in [2.05, 4.69) is 58.1 Å². The predicted octanol–water partition coefficient (Wildman–Crippen LogP) is 8.84. The Morgan fingerprint density at radius 1 is 1.13 bits per heavy atom. The number of Topliss-reactive ketones (excluding diaryl/α,β-unsaturated/α-hetero) is 1. The first-order valence-electron chi connectivity index (χ1n) is 15.5. The molecule has 238 valence electrons. The van der Waals surface area contributed by atoms with Crippen LogP contribution in [0.15, 0.2) is 120 Å². The second-order valence-corrected chi connectivity index (χ2v) is 10.9. The van der Waals surface area contributed by atoms with Crippen molar-refractivity contribution >= 4 is 34.4 Å². The Hall–Kier alpha value is -4.95. The Morgan fingerprint density at radius 3 is 2.67 bits per heavy atom. The van der Waals surface area contributed by atoms with Crippen LogP contribution in [-0.4, -0.2) is 35.5 Å². The average molecular weight is 622 g/mol. The monoisotopic (exact) mass is 621 g/mol. The Morgan fingerprint density at radius 2 is 1.91 bits per heavy atom. The van der Waals surface area contributed by atoms with E-state index in [0.29, 0.717) is 25.3 Å². The van der Waals surface area contributed by atoms with Crippen molar-refractivity contribution < 1.29 is 18.7 Å². The van der Waals surface area contributed by atoms with Gasteiger partial charge in [0.05, 0.1) is 13.2 Å². The van der Waals surface area contributed by atoms with Gasteiger partial charge in [0.2, 0.25) is 0 Å². The number of halogens is 1. The van der Waals surface area contributed by atoms with Gasteiger partial charge >= 0.3 is 5.91 Å². The molecule has 7 nitrogen and oxygen atoms in total. The van der Waals surface area contributed by atoms with Crippen molar-refractivity contribution in [1.29, 1.82) is 0 Å². The van der Waals surface area contributed by atoms with E-state index in [4.69, 9.17) is 4.74 Å². The largest absolute Gasteiger partial charge is 0.376 e. The first kappa shape index (κ1) is 33.9. The summed E-state index contributed by atoms with van der Waals surface area (Å²) in [5.74, 6) is -1.94. The van der Waals surface area contributed by atoms with Crippen LogP contribution in [0, 0.1) is 4.91 Å². The Bertz CT molecular complexity index is 1740. The third kappa shape index (κ3) is 8.61. The number of aryl methyl sites for hydroxylation is 1. The van der Waals surface area contributed by atoms with E-state index in [9.17, 15) is 18.9 Å². The standard InChI is InChI=1S/C38H40FN3O4/c1-4-13-28(14-12-24-46-25-23-42-35-19-10-7-15-30(35)31-16-8-11-20-36(31)42)26-34(38(44)41-45)40-33-18-9-6-17-32(33)37(43)29(5-2)22-21-27(3)39/h5-7,9-15,17-22,34,40H,3-4,8,16,23-26H2,1-2H3/b14-12-,22-21-,28-13+,29-5+. The zero-order chi connectivity index (χ0) is 32.9. The maximum absolute atomic E-state index is 13.3. The number of carbonyl (C=O) groups is 2. The van der Waals surface area contributed by atoms with Gasteiger partial charge in [-0.05, 0) is 73.7 Å². The molecular weight excluding hydrogens is 581 g/mol. The molecule has 0 saturated heterocycles. The highest BCUT2D eigenvalue weighted by atomic mass is 19.1. The Balaban J connectivity index is 1.41. The van der Waals surface area contributed by atoms with Crippen molar-refractivity contribution in [3.05, 3.63) is 136 Å². The topological polar surface area (TPSA) is 89.8 Å². The van der Waals surface area contributed by atoms with Crippen LogP contribution in [0.2, 0.25) is 0 Å². The summed E-state index contributed by atoms with van der Waals surface area (Å²) in [5, 5.41) is 7.03. The third-order valence-corrected chi connectivity index (χ3v) is 7.77. The molecular formula is C38H40FN3O4. The molecule has 0 fully saturated rings. The summed E-state index contributed by atoms with van der Waals surface area (Å²) in [6.45, 7) is 8.47. The van der Waals surface area contributed by atoms with Crippen molar-refractivity contribution in [3.8, 4) is 0 Å². The van der Waals surface area contributed by atoms with E-state index >= 15 is 0 Å². The predicted molar refractivity (Wildman–Crippen MR) is 184 cm³/mol. The van der Waals surface area contributed by atoms with Crippen LogP contribution in [0.5, 0.6) is 0 Å². The molecule has 2 aromatic carbocycles. The molecule has 0 radical (unpaired) electrons. The van der Waals surface area contributed by atoms with Crippen LogP contribution in [0.1, 0.15) is 54.7 Å². The number of ether oxygens (including phenoxy) is 1. The number of aromatic nitrogens is 1. The summed E-state index contributed by atoms with van der Waals surface area (Å²) in [7, 11) is 0. The van der Waals surface area contributed by atoms with Gasteiger partial charge in [-0.1, -0.05) is 74.2 Å². The van der Waals surface area contributed by atoms with Gasteiger partial charge in [0.25, 0.3) is 0 Å². The van der Waals surface area contributed by atoms with Gasteiger partial charge in [-0.3, -0.25) is 9.59 Å². The highest BCUT2D eigenvalue weighted by molar-refractivity contribution is 6.14. The van der Waals surface area contributed by atoms with Crippen molar-refractivity contribution in [2.75, 3.05) is 18.5 Å². The molecule has 1 heterocycles. The number of anilines is 1. The van der Waals surface area contributed by atoms with Gasteiger partial charge in [0.1, 0.15) is 11.9 Å². The lowest BCUT2D eigenvalue weighted by Gasteiger charge is -2.19. The molecule has 0 saturated carbocycles. The van der Waals surface area contributed by atoms with Gasteiger partial charge in [-0.15, -0.1) is 4.91 Å². The number of nitrogens with one attached hydrogen (secondary N) is 1. The summed E-state index contributed by atoms with van der Waals surface area (Å²) in [6.07, 6.45) is 17.2. The van der Waals surface area contributed by atoms with Gasteiger partial charge in [0, 0.05) is 51.6 Å². The van der Waals surface area contributed by atoms with Crippen LogP contribution in [-0.2, 0) is 22.5 Å². The molecule has 1 atom stereocenters. The van der Waals surface area contributed by atoms with Crippen LogP contribution in [0.3, 0.4) is 0 Å². The highest BCUT2D eigenvalue weighted by Gasteiger charge is 2.23. The lowest BCUT2D eigenvalue weighted by atomic mass is 9.99. The minimum atomic E-state index is -1.01. The number of nitrogens with zero attached hydrogens (tertiary/aromatic N) is 2. The number of para-hydroxylation sites is 2. The van der Waals surface area contributed by atoms with Crippen LogP contribution < -0.4 is 5.32 Å². The second kappa shape index (κ2) is 16.9. The molecule has 1 amide bonds. The number of nitroso groups, excluding NO2 is 1. The normalized spacial score (nSPS) is 14.2. The van der Waals surface area contributed by atoms with Crippen LogP contribution >= 0.6 is 0 Å². The fourth-order valence-corrected chi connectivity index (χ4v) is 5.63. The third-order valence-electron chi connectivity index (χ3n) is 7.77. The molecule has 0 spiro atoms. The lowest BCUT2D eigenvalue weighted by Crippen LogP contribution is -2.29. The lowest BCUT2D eigenvalue weighted by molar-refractivity contribution is -0.118. The van der Waals surface area contributed by atoms with Crippen molar-refractivity contribution in [2.45, 2.75) is 52.1 Å². The SMILES string of the molecule is C=C(F)/C=C\C(=C/C)C(=O)c1ccccc1NC(CC(/C=C\COCCn1c2c(c3ccccc31)CCC=C2)=C/CC)C(=O)N=O. The van der Waals surface area contributed by atoms with Gasteiger partial charge in [0.15, 0.2) is 5.78 Å². The number of carbonyl (C=O) groups excluding carboxylic acids is 2. The van der Waals surface area contributed by atoms with Crippen molar-refractivity contribution in [1.82, 2.24) is 4.57 Å². The first-order chi connectivity index (χ1) is 22.4. The molecule has 1 aromatic heterocycles. The molecule has 0 bridgehead atoms. The highest BCUT2D eigenvalue weighted by Crippen LogP contribution is 2.31. The van der Waals surface area contributed by atoms with E-state index in [1.807, 2.05) is 25.2 Å². The molecule has 1 unspecified atom stereocenters. The minimum Gasteiger partial charge on any atom is -0.376 e. The Labute approximate surface area is 269 Å². The number of fused-ring (bicyclic) bond motifs is 3. The van der Waals surface area contributed by atoms with Crippen molar-refractivity contribution in [2.24, 2.45) is 5.18 Å². The fraction of sp³-hybridized carbons (Fsp3) is 0.263. The quantitative estimate of drug-likeness (QED) is 0.0567. The van der Waals surface area contributed by atoms with E-state index < -0.39 is 17.8 Å². The van der Waals surface area contributed by atoms with E-state index in [1.54, 1.807) is 37.3 Å². The Kier molecular flexibility index (Phi) is 12.5. The summed E-state index contributed by atoms with van der Waals surface area (Å²) in [5.41, 5.74) is 5.55. The van der Waals surface area contributed by atoms with Crippen LogP contribution in [0.4, 0.5) is 10.1 Å². The number of rotatable bonds is 16. The van der Waals surface area contributed by atoms with Gasteiger partial charge < -0.3 is 14.6 Å². The zero-order valence-electron chi connectivity index (χ0n) is 26.4. The van der Waals surface area contributed by atoms with Gasteiger partial charge in [-0.2, -0.15) is 0 Å².